The number of hydrogen-bond donors (Lipinski definition) is 8. The number of H-pyrrole nitrogens is 1. The quantitative estimate of drug-likeness (QED) is 0.00680. The predicted octanol–water partition coefficient (Wildman–Crippen LogP) is 6.69. The number of aryl methyl sites for hydroxylation is 4. The molecular formula is C54H74N5O23P3S2. The highest BCUT2D eigenvalue weighted by molar-refractivity contribution is 8.77. The van der Waals surface area contributed by atoms with Crippen molar-refractivity contribution in [2.75, 3.05) is 85.0 Å². The van der Waals surface area contributed by atoms with Gasteiger partial charge in [0, 0.05) is 77.1 Å². The fourth-order valence-electron chi connectivity index (χ4n) is 8.94. The molecule has 480 valence electrons. The van der Waals surface area contributed by atoms with Crippen LogP contribution < -0.4 is 27.2 Å². The second kappa shape index (κ2) is 32.7. The number of amides is 2. The lowest BCUT2D eigenvalue weighted by Crippen LogP contribution is -2.36. The van der Waals surface area contributed by atoms with Crippen molar-refractivity contribution in [1.29, 1.82) is 0 Å². The summed E-state index contributed by atoms with van der Waals surface area (Å²) in [6.45, 7) is 15.4. The zero-order valence-corrected chi connectivity index (χ0v) is 53.3. The van der Waals surface area contributed by atoms with Crippen molar-refractivity contribution >= 4 is 73.8 Å². The Morgan fingerprint density at radius 2 is 1.51 bits per heavy atom. The highest BCUT2D eigenvalue weighted by atomic mass is 33.1. The fourth-order valence-corrected chi connectivity index (χ4v) is 14.1. The van der Waals surface area contributed by atoms with Gasteiger partial charge in [-0.1, -0.05) is 41.0 Å². The molecule has 3 unspecified atom stereocenters. The van der Waals surface area contributed by atoms with E-state index in [1.165, 1.54) is 40.8 Å². The molecule has 0 radical (unpaired) electrons. The molecule has 0 spiro atoms. The fraction of sp³-hybridized carbons (Fsp3) is 0.519. The van der Waals surface area contributed by atoms with Crippen LogP contribution in [0.5, 0.6) is 0 Å². The van der Waals surface area contributed by atoms with Gasteiger partial charge in [0.25, 0.3) is 11.5 Å². The second-order valence-electron chi connectivity index (χ2n) is 20.4. The highest BCUT2D eigenvalue weighted by Crippen LogP contribution is 2.66. The standard InChI is InChI=1S/C54H74N5O23P3S2/c1-8-10-36-26-43-40(23-33(36)3)49(41-24-34(4)42(55-9-2)27-44(41)79-43)38-12-11-37(25-39(38)52(63)64)51(62)56-14-16-74-18-20-76-22-21-75-19-17-73-15-13-47(60)57-31-54(6,7)87-86-32-77-45-28-48(59-29-35(5)50(61)58-53(59)65)80-46(45)30-78-84(69,70)82-85(71,72)81-83(66,67)68/h11-12,23-27,29,45-46,48H,8-10,13-22,28,30-32H2,1-7H3,(H,56,62)(H,57,60)(H,63,64)(H,69,70)(H,71,72)(H,58,61,65)(H2,66,67,68)/t45?,46-,48-/m1/s1. The van der Waals surface area contributed by atoms with Crippen molar-refractivity contribution in [2.24, 2.45) is 4.99 Å². The monoisotopic (exact) mass is 1320 g/mol. The van der Waals surface area contributed by atoms with Gasteiger partial charge in [0.15, 0.2) is 0 Å². The Hall–Kier alpha value is -4.91. The van der Waals surface area contributed by atoms with E-state index in [0.29, 0.717) is 35.6 Å². The van der Waals surface area contributed by atoms with E-state index in [-0.39, 0.29) is 101 Å². The topological polar surface area (TPSA) is 391 Å². The van der Waals surface area contributed by atoms with Gasteiger partial charge in [-0.3, -0.25) is 33.5 Å². The first-order chi connectivity index (χ1) is 41.1. The average Bonchev–Trinajstić information content (AvgIpc) is 1.27. The Kier molecular flexibility index (Phi) is 26.8. The van der Waals surface area contributed by atoms with Gasteiger partial charge in [-0.05, 0) is 101 Å². The van der Waals surface area contributed by atoms with Gasteiger partial charge in [0.1, 0.15) is 29.6 Å². The summed E-state index contributed by atoms with van der Waals surface area (Å²) in [5, 5.41) is 17.7. The Bertz CT molecular complexity index is 3520. The minimum absolute atomic E-state index is 0.0187. The molecule has 1 aliphatic carbocycles. The van der Waals surface area contributed by atoms with E-state index in [2.05, 4.69) is 36.2 Å². The summed E-state index contributed by atoms with van der Waals surface area (Å²) in [6.07, 6.45) is -0.160. The summed E-state index contributed by atoms with van der Waals surface area (Å²) < 4.78 is 88.7. The van der Waals surface area contributed by atoms with Crippen LogP contribution in [0.1, 0.15) is 96.2 Å². The number of benzene rings is 3. The lowest BCUT2D eigenvalue weighted by Gasteiger charge is -2.24. The first-order valence-corrected chi connectivity index (χ1v) is 34.4. The van der Waals surface area contributed by atoms with Gasteiger partial charge in [-0.2, -0.15) is 8.62 Å². The van der Waals surface area contributed by atoms with Crippen molar-refractivity contribution in [3.05, 3.63) is 108 Å². The summed E-state index contributed by atoms with van der Waals surface area (Å²) in [4.78, 5) is 107. The number of nitrogens with zero attached hydrogens (tertiary/aromatic N) is 2. The molecule has 1 saturated heterocycles. The van der Waals surface area contributed by atoms with Crippen LogP contribution in [0, 0.1) is 20.8 Å². The van der Waals surface area contributed by atoms with Crippen LogP contribution in [0.4, 0.5) is 0 Å². The number of nitrogens with one attached hydrogen (secondary N) is 3. The molecule has 3 aromatic rings. The van der Waals surface area contributed by atoms with Gasteiger partial charge in [-0.15, -0.1) is 0 Å². The minimum Gasteiger partial charge on any atom is -0.478 e. The van der Waals surface area contributed by atoms with Crippen LogP contribution in [-0.4, -0.2) is 154 Å². The number of aromatic nitrogens is 2. The largest absolute Gasteiger partial charge is 0.490 e. The van der Waals surface area contributed by atoms with Crippen molar-refractivity contribution < 1.29 is 98.7 Å². The molecule has 1 aromatic heterocycles. The van der Waals surface area contributed by atoms with Gasteiger partial charge in [0.05, 0.1) is 76.5 Å². The molecule has 2 aliphatic heterocycles. The van der Waals surface area contributed by atoms with Gasteiger partial charge in [-0.25, -0.2) is 23.3 Å². The molecule has 2 amide bonds. The van der Waals surface area contributed by atoms with E-state index >= 15 is 0 Å². The number of carbonyl (C=O) groups is 3. The molecule has 0 saturated carbocycles. The van der Waals surface area contributed by atoms with E-state index in [9.17, 15) is 52.6 Å². The number of phosphoric ester groups is 1. The SMILES string of the molecule is CCCc1cc2oc3cc(=NCC)c(C)cc-3c(-c3ccc(C(=O)NCCOCCOCCOCCOCCC(=O)NCC(C)(C)SSCOC4C[C@H](n5cc(C)c(=O)[nH]c5=O)O[C@@H]4COP(=O)(O)OP(=O)(O)OP(=O)(O)O)cc3C(=O)O)c2cc1C. The maximum absolute atomic E-state index is 13.3. The number of hydrogen-bond acceptors (Lipinski definition) is 21. The third kappa shape index (κ3) is 21.9. The van der Waals surface area contributed by atoms with Crippen LogP contribution in [0.25, 0.3) is 33.4 Å². The number of fused-ring (bicyclic) bond motifs is 2. The van der Waals surface area contributed by atoms with E-state index < -0.39 is 76.4 Å². The Labute approximate surface area is 508 Å². The number of aromatic carboxylic acids is 1. The molecule has 0 bridgehead atoms. The molecule has 87 heavy (non-hydrogen) atoms. The molecule has 5 atom stereocenters. The van der Waals surface area contributed by atoms with Crippen LogP contribution >= 0.6 is 45.1 Å². The number of phosphoric acid groups is 3. The number of rotatable bonds is 36. The summed E-state index contributed by atoms with van der Waals surface area (Å²) in [5.41, 5.74) is 4.52. The average molecular weight is 1320 g/mol. The third-order valence-electron chi connectivity index (χ3n) is 13.0. The maximum Gasteiger partial charge on any atom is 0.490 e. The summed E-state index contributed by atoms with van der Waals surface area (Å²) >= 11 is 0. The van der Waals surface area contributed by atoms with Gasteiger partial charge >= 0.3 is 35.1 Å². The van der Waals surface area contributed by atoms with E-state index in [1.54, 1.807) is 12.1 Å². The Morgan fingerprint density at radius 3 is 2.16 bits per heavy atom. The maximum atomic E-state index is 13.3. The smallest absolute Gasteiger partial charge is 0.478 e. The van der Waals surface area contributed by atoms with E-state index in [0.717, 1.165) is 50.4 Å². The molecular weight excluding hydrogens is 1240 g/mol. The summed E-state index contributed by atoms with van der Waals surface area (Å²) in [7, 11) is -14.3. The normalized spacial score (nSPS) is 17.2. The first kappa shape index (κ1) is 71.2. The Balaban J connectivity index is 0.832. The molecule has 33 heteroatoms. The molecule has 8 N–H and O–H groups in total. The molecule has 1 fully saturated rings. The minimum atomic E-state index is -5.80. The second-order valence-corrected chi connectivity index (χ2v) is 27.8. The highest BCUT2D eigenvalue weighted by Gasteiger charge is 2.44. The molecule has 6 rings (SSSR count). The van der Waals surface area contributed by atoms with E-state index in [4.69, 9.17) is 47.1 Å². The van der Waals surface area contributed by atoms with Crippen LogP contribution in [-0.2, 0) is 66.5 Å². The molecule has 2 aromatic carbocycles. The van der Waals surface area contributed by atoms with E-state index in [1.807, 2.05) is 58.9 Å². The summed E-state index contributed by atoms with van der Waals surface area (Å²) in [5.74, 6) is -1.33. The lowest BCUT2D eigenvalue weighted by atomic mass is 9.88. The number of carboxylic acid groups (broad SMARTS) is 1. The van der Waals surface area contributed by atoms with Crippen molar-refractivity contribution in [2.45, 2.75) is 97.3 Å². The van der Waals surface area contributed by atoms with Gasteiger partial charge < -0.3 is 68.2 Å². The number of aromatic amines is 1. The summed E-state index contributed by atoms with van der Waals surface area (Å²) in [6, 6.07) is 12.6. The molecule has 3 heterocycles. The van der Waals surface area contributed by atoms with Crippen LogP contribution in [0.2, 0.25) is 0 Å². The van der Waals surface area contributed by atoms with Crippen LogP contribution in [0.3, 0.4) is 0 Å². The zero-order chi connectivity index (χ0) is 63.7. The van der Waals surface area contributed by atoms with Crippen molar-refractivity contribution in [3.63, 3.8) is 0 Å². The molecule has 28 nitrogen and oxygen atoms in total. The van der Waals surface area contributed by atoms with Crippen LogP contribution in [0.15, 0.2) is 67.7 Å². The number of carbonyl (C=O) groups excluding carboxylic acids is 2. The number of carboxylic acids is 1. The lowest BCUT2D eigenvalue weighted by molar-refractivity contribution is -0.122. The third-order valence-corrected chi connectivity index (χ3v) is 19.8. The number of ether oxygens (including phenoxy) is 6. The Morgan fingerprint density at radius 1 is 0.828 bits per heavy atom. The van der Waals surface area contributed by atoms with Gasteiger partial charge in [0.2, 0.25) is 5.91 Å². The zero-order valence-electron chi connectivity index (χ0n) is 49.0. The van der Waals surface area contributed by atoms with Crippen molar-refractivity contribution in [1.82, 2.24) is 20.2 Å². The molecule has 3 aliphatic rings. The van der Waals surface area contributed by atoms with Crippen molar-refractivity contribution in [3.8, 4) is 22.5 Å². The first-order valence-electron chi connectivity index (χ1n) is 27.5. The predicted molar refractivity (Wildman–Crippen MR) is 321 cm³/mol.